The minimum atomic E-state index is -0.0978. The number of pyridine rings is 1. The Morgan fingerprint density at radius 2 is 1.76 bits per heavy atom. The number of ether oxygens (including phenoxy) is 4. The smallest absolute Gasteiger partial charge is 0.234 e. The zero-order valence-corrected chi connectivity index (χ0v) is 22.7. The molecule has 0 radical (unpaired) electrons. The SMILES string of the molecule is CCCOc1ccc(OC)c2c1C(Cc1ccc(OC)c(OC)c1)N(CC(=O)NCc1ccccn1)CC2. The lowest BCUT2D eigenvalue weighted by atomic mass is 9.87. The summed E-state index contributed by atoms with van der Waals surface area (Å²) in [5, 5.41) is 3.02. The molecule has 8 heteroatoms. The highest BCUT2D eigenvalue weighted by Gasteiger charge is 2.33. The van der Waals surface area contributed by atoms with Crippen LogP contribution in [0.5, 0.6) is 23.0 Å². The van der Waals surface area contributed by atoms with Crippen molar-refractivity contribution in [2.75, 3.05) is 41.0 Å². The van der Waals surface area contributed by atoms with Gasteiger partial charge in [0.1, 0.15) is 11.5 Å². The van der Waals surface area contributed by atoms with Gasteiger partial charge in [-0.1, -0.05) is 19.1 Å². The Morgan fingerprint density at radius 3 is 2.47 bits per heavy atom. The van der Waals surface area contributed by atoms with Crippen LogP contribution in [0.15, 0.2) is 54.7 Å². The van der Waals surface area contributed by atoms with Gasteiger partial charge in [0.2, 0.25) is 5.91 Å². The molecule has 3 aromatic rings. The van der Waals surface area contributed by atoms with E-state index in [1.165, 1.54) is 0 Å². The van der Waals surface area contributed by atoms with E-state index in [4.69, 9.17) is 18.9 Å². The summed E-state index contributed by atoms with van der Waals surface area (Å²) < 4.78 is 23.0. The number of rotatable bonds is 12. The van der Waals surface area contributed by atoms with Crippen LogP contribution < -0.4 is 24.3 Å². The number of nitrogens with one attached hydrogen (secondary N) is 1. The third-order valence-corrected chi connectivity index (χ3v) is 6.80. The van der Waals surface area contributed by atoms with E-state index in [0.717, 1.165) is 53.3 Å². The molecule has 0 fully saturated rings. The minimum absolute atomic E-state index is 0.0460. The molecule has 4 rings (SSSR count). The molecule has 1 aromatic heterocycles. The summed E-state index contributed by atoms with van der Waals surface area (Å²) in [5.41, 5.74) is 4.11. The summed E-state index contributed by atoms with van der Waals surface area (Å²) >= 11 is 0. The Labute approximate surface area is 224 Å². The van der Waals surface area contributed by atoms with Crippen LogP contribution >= 0.6 is 0 Å². The predicted octanol–water partition coefficient (Wildman–Crippen LogP) is 4.35. The third-order valence-electron chi connectivity index (χ3n) is 6.80. The summed E-state index contributed by atoms with van der Waals surface area (Å²) in [6.07, 6.45) is 4.06. The number of aromatic nitrogens is 1. The molecule has 1 aliphatic rings. The van der Waals surface area contributed by atoms with Gasteiger partial charge in [-0.15, -0.1) is 0 Å². The molecule has 0 aliphatic carbocycles. The van der Waals surface area contributed by atoms with Crippen LogP contribution in [0.2, 0.25) is 0 Å². The molecule has 0 spiro atoms. The highest BCUT2D eigenvalue weighted by Crippen LogP contribution is 2.43. The van der Waals surface area contributed by atoms with Crippen LogP contribution in [-0.2, 0) is 24.2 Å². The van der Waals surface area contributed by atoms with Crippen LogP contribution in [0, 0.1) is 0 Å². The molecular formula is C30H37N3O5. The van der Waals surface area contributed by atoms with Gasteiger partial charge in [-0.25, -0.2) is 0 Å². The van der Waals surface area contributed by atoms with Crippen LogP contribution in [0.3, 0.4) is 0 Å². The zero-order valence-electron chi connectivity index (χ0n) is 22.7. The average Bonchev–Trinajstić information content (AvgIpc) is 2.96. The molecule has 1 atom stereocenters. The number of hydrogen-bond donors (Lipinski definition) is 1. The molecule has 2 heterocycles. The van der Waals surface area contributed by atoms with Crippen LogP contribution in [-0.4, -0.2) is 56.8 Å². The highest BCUT2D eigenvalue weighted by atomic mass is 16.5. The maximum absolute atomic E-state index is 13.1. The average molecular weight is 520 g/mol. The van der Waals surface area contributed by atoms with Crippen molar-refractivity contribution in [3.05, 3.63) is 77.1 Å². The Kier molecular flexibility index (Phi) is 9.43. The summed E-state index contributed by atoms with van der Waals surface area (Å²) in [6, 6.07) is 15.5. The maximum Gasteiger partial charge on any atom is 0.234 e. The lowest BCUT2D eigenvalue weighted by molar-refractivity contribution is -0.123. The number of fused-ring (bicyclic) bond motifs is 1. The van der Waals surface area contributed by atoms with Gasteiger partial charge in [0.15, 0.2) is 11.5 Å². The van der Waals surface area contributed by atoms with Crippen LogP contribution in [0.4, 0.5) is 0 Å². The van der Waals surface area contributed by atoms with Crippen molar-refractivity contribution in [2.24, 2.45) is 0 Å². The standard InChI is InChI=1S/C30H37N3O5/c1-5-16-38-27-12-11-25(35-2)23-13-15-33(20-29(34)32-19-22-8-6-7-14-31-22)24(30(23)27)17-21-9-10-26(36-3)28(18-21)37-4/h6-12,14,18,24H,5,13,15-17,19-20H2,1-4H3,(H,32,34). The Balaban J connectivity index is 1.66. The molecule has 1 unspecified atom stereocenters. The summed E-state index contributed by atoms with van der Waals surface area (Å²) in [5.74, 6) is 3.00. The van der Waals surface area contributed by atoms with Gasteiger partial charge < -0.3 is 24.3 Å². The van der Waals surface area contributed by atoms with E-state index in [-0.39, 0.29) is 18.5 Å². The van der Waals surface area contributed by atoms with Crippen molar-refractivity contribution in [3.63, 3.8) is 0 Å². The lowest BCUT2D eigenvalue weighted by Gasteiger charge is -2.38. The van der Waals surface area contributed by atoms with Crippen LogP contribution in [0.1, 0.15) is 41.8 Å². The predicted molar refractivity (Wildman–Crippen MR) is 146 cm³/mol. The molecule has 8 nitrogen and oxygen atoms in total. The fraction of sp³-hybridized carbons (Fsp3) is 0.400. The number of methoxy groups -OCH3 is 3. The van der Waals surface area contributed by atoms with Gasteiger partial charge in [0, 0.05) is 29.9 Å². The topological polar surface area (TPSA) is 82.2 Å². The summed E-state index contributed by atoms with van der Waals surface area (Å²) in [4.78, 5) is 19.6. The van der Waals surface area contributed by atoms with Crippen molar-refractivity contribution >= 4 is 5.91 Å². The molecule has 0 saturated heterocycles. The van der Waals surface area contributed by atoms with Crippen molar-refractivity contribution < 1.29 is 23.7 Å². The fourth-order valence-electron chi connectivity index (χ4n) is 4.95. The molecule has 202 valence electrons. The van der Waals surface area contributed by atoms with E-state index < -0.39 is 0 Å². The van der Waals surface area contributed by atoms with Crippen LogP contribution in [0.25, 0.3) is 0 Å². The van der Waals surface area contributed by atoms with Crippen molar-refractivity contribution in [1.82, 2.24) is 15.2 Å². The maximum atomic E-state index is 13.1. The van der Waals surface area contributed by atoms with Crippen molar-refractivity contribution in [3.8, 4) is 23.0 Å². The van der Waals surface area contributed by atoms with Gasteiger partial charge in [-0.3, -0.25) is 14.7 Å². The van der Waals surface area contributed by atoms with Gasteiger partial charge in [-0.05, 0) is 61.2 Å². The highest BCUT2D eigenvalue weighted by molar-refractivity contribution is 5.78. The first kappa shape index (κ1) is 27.3. The number of benzene rings is 2. The number of hydrogen-bond acceptors (Lipinski definition) is 7. The number of amides is 1. The van der Waals surface area contributed by atoms with E-state index in [1.54, 1.807) is 27.5 Å². The first-order valence-electron chi connectivity index (χ1n) is 13.0. The Hall–Kier alpha value is -3.78. The molecule has 2 aromatic carbocycles. The first-order valence-corrected chi connectivity index (χ1v) is 13.0. The monoisotopic (exact) mass is 519 g/mol. The Morgan fingerprint density at radius 1 is 1.00 bits per heavy atom. The van der Waals surface area contributed by atoms with E-state index in [0.29, 0.717) is 31.1 Å². The summed E-state index contributed by atoms with van der Waals surface area (Å²) in [6.45, 7) is 4.08. The van der Waals surface area contributed by atoms with Crippen molar-refractivity contribution in [1.29, 1.82) is 0 Å². The second-order valence-corrected chi connectivity index (χ2v) is 9.23. The molecule has 38 heavy (non-hydrogen) atoms. The largest absolute Gasteiger partial charge is 0.496 e. The number of carbonyl (C=O) groups excluding carboxylic acids is 1. The normalized spacial score (nSPS) is 14.9. The van der Waals surface area contributed by atoms with E-state index >= 15 is 0 Å². The minimum Gasteiger partial charge on any atom is -0.496 e. The lowest BCUT2D eigenvalue weighted by Crippen LogP contribution is -2.43. The van der Waals surface area contributed by atoms with Gasteiger partial charge in [-0.2, -0.15) is 0 Å². The van der Waals surface area contributed by atoms with E-state index in [9.17, 15) is 4.79 Å². The molecule has 0 bridgehead atoms. The third kappa shape index (κ3) is 6.37. The Bertz CT molecular complexity index is 1220. The molecule has 1 amide bonds. The van der Waals surface area contributed by atoms with Gasteiger partial charge in [0.25, 0.3) is 0 Å². The number of carbonyl (C=O) groups is 1. The number of nitrogens with zero attached hydrogens (tertiary/aromatic N) is 2. The van der Waals surface area contributed by atoms with Gasteiger partial charge in [0.05, 0.1) is 46.7 Å². The van der Waals surface area contributed by atoms with E-state index in [1.807, 2.05) is 48.5 Å². The molecule has 0 saturated carbocycles. The fourth-order valence-corrected chi connectivity index (χ4v) is 4.95. The second-order valence-electron chi connectivity index (χ2n) is 9.23. The summed E-state index contributed by atoms with van der Waals surface area (Å²) in [7, 11) is 4.96. The van der Waals surface area contributed by atoms with Gasteiger partial charge >= 0.3 is 0 Å². The second kappa shape index (κ2) is 13.1. The zero-order chi connectivity index (χ0) is 26.9. The van der Waals surface area contributed by atoms with E-state index in [2.05, 4.69) is 22.1 Å². The quantitative estimate of drug-likeness (QED) is 0.381. The first-order chi connectivity index (χ1) is 18.6. The van der Waals surface area contributed by atoms with Crippen molar-refractivity contribution in [2.45, 2.75) is 38.8 Å². The molecular weight excluding hydrogens is 482 g/mol. The molecule has 1 N–H and O–H groups in total. The molecule has 1 aliphatic heterocycles.